The Bertz CT molecular complexity index is 2270. The number of amides is 4. The highest BCUT2D eigenvalue weighted by Crippen LogP contribution is 2.42. The van der Waals surface area contributed by atoms with Crippen LogP contribution in [-0.2, 0) is 38.4 Å². The fourth-order valence-corrected chi connectivity index (χ4v) is 10.0. The number of aryl methyl sites for hydroxylation is 1. The predicted octanol–water partition coefficient (Wildman–Crippen LogP) is 5.49. The highest BCUT2D eigenvalue weighted by molar-refractivity contribution is 7.10. The van der Waals surface area contributed by atoms with E-state index < -0.39 is 12.1 Å². The molecule has 4 amide bonds. The molecule has 348 valence electrons. The summed E-state index contributed by atoms with van der Waals surface area (Å²) in [6.45, 7) is 17.4. The first-order valence-electron chi connectivity index (χ1n) is 22.8. The van der Waals surface area contributed by atoms with Crippen LogP contribution in [-0.4, -0.2) is 147 Å². The Morgan fingerprint density at radius 2 is 1.83 bits per heavy atom. The highest BCUT2D eigenvalue weighted by atomic mass is 32.1. The Labute approximate surface area is 385 Å². The summed E-state index contributed by atoms with van der Waals surface area (Å²) < 4.78 is 13.8. The summed E-state index contributed by atoms with van der Waals surface area (Å²) in [5.74, 6) is -0.800. The van der Waals surface area contributed by atoms with Gasteiger partial charge in [-0.25, -0.2) is 15.2 Å². The molecule has 2 aliphatic heterocycles. The number of aromatic nitrogens is 3. The van der Waals surface area contributed by atoms with E-state index in [0.717, 1.165) is 77.0 Å². The average Bonchev–Trinajstić information content (AvgIpc) is 3.79. The number of carbonyl (C=O) groups excluding carboxylic acids is 4. The second kappa shape index (κ2) is 21.5. The molecule has 0 unspecified atom stereocenters. The lowest BCUT2D eigenvalue weighted by Crippen LogP contribution is -2.60. The number of methoxy groups -OCH3 is 1. The van der Waals surface area contributed by atoms with E-state index in [1.807, 2.05) is 37.1 Å². The van der Waals surface area contributed by atoms with Crippen molar-refractivity contribution in [2.75, 3.05) is 67.1 Å². The maximum atomic E-state index is 14.3. The summed E-state index contributed by atoms with van der Waals surface area (Å²) in [6.07, 6.45) is 5.05. The van der Waals surface area contributed by atoms with Crippen LogP contribution in [0.25, 0.3) is 33.4 Å². The van der Waals surface area contributed by atoms with Gasteiger partial charge in [-0.05, 0) is 88.9 Å². The molecule has 0 saturated carbocycles. The van der Waals surface area contributed by atoms with Gasteiger partial charge in [0, 0.05) is 98.9 Å². The SMILES string of the molecule is CCn1c(-c2cccnc2[C@H](C)OC)c(CC(C)(C)COC(=O)[SiH3])c2cc(-c3csc(C[C@H](NC(=O)[C@H](C(C)C)N(C)C(=O)N4CCCN(C)CC4)C(=O)N4CCCCN4)n3)ccc21. The molecule has 0 spiro atoms. The fourth-order valence-electron chi connectivity index (χ4n) is 9.02. The Morgan fingerprint density at radius 3 is 2.52 bits per heavy atom. The second-order valence-electron chi connectivity index (χ2n) is 18.5. The Balaban J connectivity index is 1.34. The molecule has 0 radical (unpaired) electrons. The largest absolute Gasteiger partial charge is 0.470 e. The van der Waals surface area contributed by atoms with Crippen LogP contribution < -0.4 is 10.7 Å². The van der Waals surface area contributed by atoms with Crippen molar-refractivity contribution < 1.29 is 28.7 Å². The predicted molar refractivity (Wildman–Crippen MR) is 256 cm³/mol. The molecule has 5 heterocycles. The van der Waals surface area contributed by atoms with Gasteiger partial charge in [0.05, 0.1) is 34.8 Å². The molecule has 0 bridgehead atoms. The van der Waals surface area contributed by atoms with Gasteiger partial charge in [0.1, 0.15) is 22.3 Å². The lowest BCUT2D eigenvalue weighted by molar-refractivity contribution is -0.141. The van der Waals surface area contributed by atoms with E-state index in [1.54, 1.807) is 30.3 Å². The Hall–Kier alpha value is -4.68. The van der Waals surface area contributed by atoms with Crippen molar-refractivity contribution in [1.82, 2.24) is 45.0 Å². The number of urea groups is 1. The van der Waals surface area contributed by atoms with Gasteiger partial charge in [-0.3, -0.25) is 24.4 Å². The van der Waals surface area contributed by atoms with Crippen molar-refractivity contribution in [1.29, 1.82) is 0 Å². The topological polar surface area (TPSA) is 154 Å². The van der Waals surface area contributed by atoms with Gasteiger partial charge in [-0.2, -0.15) is 0 Å². The second-order valence-corrected chi connectivity index (χ2v) is 20.2. The Morgan fingerprint density at radius 1 is 1.05 bits per heavy atom. The van der Waals surface area contributed by atoms with Crippen LogP contribution >= 0.6 is 11.3 Å². The summed E-state index contributed by atoms with van der Waals surface area (Å²) in [5, 5.41) is 8.50. The molecule has 3 atom stereocenters. The smallest absolute Gasteiger partial charge is 0.320 e. The fraction of sp³-hybridized carbons (Fsp3) is 0.574. The third-order valence-corrected chi connectivity index (χ3v) is 13.6. The lowest BCUT2D eigenvalue weighted by Gasteiger charge is -2.36. The van der Waals surface area contributed by atoms with Crippen LogP contribution in [0, 0.1) is 11.3 Å². The van der Waals surface area contributed by atoms with Crippen LogP contribution in [0.5, 0.6) is 0 Å². The number of rotatable bonds is 16. The zero-order valence-corrected chi connectivity index (χ0v) is 42.3. The van der Waals surface area contributed by atoms with E-state index in [2.05, 4.69) is 72.3 Å². The number of thiazole rings is 1. The van der Waals surface area contributed by atoms with Crippen LogP contribution in [0.3, 0.4) is 0 Å². The highest BCUT2D eigenvalue weighted by Gasteiger charge is 2.37. The summed E-state index contributed by atoms with van der Waals surface area (Å²) in [4.78, 5) is 69.9. The van der Waals surface area contributed by atoms with Gasteiger partial charge in [-0.15, -0.1) is 11.3 Å². The molecule has 4 aromatic rings. The summed E-state index contributed by atoms with van der Waals surface area (Å²) in [6, 6.07) is 8.60. The average molecular weight is 916 g/mol. The molecular formula is C47H69N9O6SSi. The standard InChI is InChI=1S/C47H69N9O6SSi/c1-10-55-38-17-16-32(25-34(38)35(27-47(5,6)29-62-46(60)64)42(55)33-15-13-18-48-40(33)31(4)61-9)37-28-63-39(50-37)26-36(44(58)56-22-12-11-19-49-56)51-43(57)41(30(2)3)53(8)45(59)54-21-14-20-52(7)23-24-54/h13,15-18,25,28,30-31,36,41,49H,10-12,14,19-24,26-27,29H2,1-9,64H3,(H,51,57)/t31-,36-,41-/m0/s1. The molecule has 2 N–H and O–H groups in total. The first-order chi connectivity index (χ1) is 30.5. The lowest BCUT2D eigenvalue weighted by atomic mass is 9.84. The number of ether oxygens (including phenoxy) is 2. The number of hydrogen-bond acceptors (Lipinski definition) is 11. The molecule has 2 saturated heterocycles. The number of nitrogens with zero attached hydrogens (tertiary/aromatic N) is 7. The summed E-state index contributed by atoms with van der Waals surface area (Å²) in [5.41, 5.74) is 9.43. The molecule has 2 fully saturated rings. The van der Waals surface area contributed by atoms with Crippen LogP contribution in [0.1, 0.15) is 83.2 Å². The molecule has 17 heteroatoms. The number of fused-ring (bicyclic) bond motifs is 1. The molecule has 2 aliphatic rings. The number of likely N-dealkylation sites (N-methyl/N-ethyl adjacent to an activating group) is 2. The van der Waals surface area contributed by atoms with Gasteiger partial charge in [0.2, 0.25) is 5.91 Å². The first-order valence-corrected chi connectivity index (χ1v) is 24.7. The summed E-state index contributed by atoms with van der Waals surface area (Å²) in [7, 11) is 5.76. The first kappa shape index (κ1) is 48.8. The van der Waals surface area contributed by atoms with Crippen molar-refractivity contribution in [3.05, 3.63) is 58.2 Å². The Kier molecular flexibility index (Phi) is 16.4. The maximum Gasteiger partial charge on any atom is 0.320 e. The van der Waals surface area contributed by atoms with Crippen molar-refractivity contribution in [2.45, 2.75) is 98.4 Å². The minimum absolute atomic E-state index is 0.177. The molecule has 6 rings (SSSR count). The van der Waals surface area contributed by atoms with Crippen LogP contribution in [0.4, 0.5) is 9.59 Å². The molecule has 1 aromatic carbocycles. The van der Waals surface area contributed by atoms with Crippen LogP contribution in [0.15, 0.2) is 41.9 Å². The van der Waals surface area contributed by atoms with Gasteiger partial charge < -0.3 is 34.1 Å². The number of nitrogens with one attached hydrogen (secondary N) is 2. The maximum absolute atomic E-state index is 14.3. The molecule has 3 aromatic heterocycles. The van der Waals surface area contributed by atoms with Crippen molar-refractivity contribution in [3.63, 3.8) is 0 Å². The van der Waals surface area contributed by atoms with Crippen LogP contribution in [0.2, 0.25) is 0 Å². The van der Waals surface area contributed by atoms with E-state index in [-0.39, 0.29) is 47.3 Å². The van der Waals surface area contributed by atoms with Crippen molar-refractivity contribution in [2.24, 2.45) is 11.3 Å². The molecule has 64 heavy (non-hydrogen) atoms. The monoisotopic (exact) mass is 915 g/mol. The molecular weight excluding hydrogens is 847 g/mol. The normalized spacial score (nSPS) is 16.7. The van der Waals surface area contributed by atoms with Gasteiger partial charge in [0.15, 0.2) is 0 Å². The van der Waals surface area contributed by atoms with Crippen molar-refractivity contribution in [3.8, 4) is 22.5 Å². The summed E-state index contributed by atoms with van der Waals surface area (Å²) >= 11 is 1.46. The van der Waals surface area contributed by atoms with E-state index in [4.69, 9.17) is 19.4 Å². The molecule has 0 aliphatic carbocycles. The van der Waals surface area contributed by atoms with Gasteiger partial charge >= 0.3 is 6.03 Å². The van der Waals surface area contributed by atoms with E-state index >= 15 is 0 Å². The third kappa shape index (κ3) is 11.4. The number of pyridine rings is 1. The number of benzene rings is 1. The number of hydrogen-bond donors (Lipinski definition) is 2. The van der Waals surface area contributed by atoms with Gasteiger partial charge in [-0.1, -0.05) is 33.8 Å². The zero-order chi connectivity index (χ0) is 46.3. The number of carbonyl (C=O) groups is 4. The van der Waals surface area contributed by atoms with E-state index in [0.29, 0.717) is 61.0 Å². The zero-order valence-electron chi connectivity index (χ0n) is 39.5. The third-order valence-electron chi connectivity index (χ3n) is 12.5. The van der Waals surface area contributed by atoms with Crippen molar-refractivity contribution >= 4 is 55.9 Å². The van der Waals surface area contributed by atoms with Gasteiger partial charge in [0.25, 0.3) is 11.5 Å². The number of hydrazine groups is 1. The quantitative estimate of drug-likeness (QED) is 0.138. The van der Waals surface area contributed by atoms with E-state index in [9.17, 15) is 19.2 Å². The van der Waals surface area contributed by atoms with E-state index in [1.165, 1.54) is 11.3 Å². The minimum Gasteiger partial charge on any atom is -0.470 e. The minimum atomic E-state index is -0.908. The molecule has 15 nitrogen and oxygen atoms in total.